The standard InChI is InChI=1S/C15H28O3/c1-9(2)10-5-7-14(3,17)11-6-8-15(4,18)13(16)12(10)11/h9-13,16-18H,5-8H2,1-4H3/t10-,11?,12?,13-,14-,15-/m0/s1. The molecule has 106 valence electrons. The monoisotopic (exact) mass is 256 g/mol. The number of fused-ring (bicyclic) bond motifs is 1. The second-order valence-electron chi connectivity index (χ2n) is 7.33. The molecule has 3 N–H and O–H groups in total. The van der Waals surface area contributed by atoms with Crippen LogP contribution in [-0.2, 0) is 0 Å². The molecule has 0 saturated heterocycles. The Morgan fingerprint density at radius 1 is 1.00 bits per heavy atom. The number of hydrogen-bond acceptors (Lipinski definition) is 3. The number of hydrogen-bond donors (Lipinski definition) is 3. The Bertz CT molecular complexity index is 307. The summed E-state index contributed by atoms with van der Waals surface area (Å²) in [5.74, 6) is 1.03. The molecule has 2 aliphatic rings. The van der Waals surface area contributed by atoms with Gasteiger partial charge in [-0.05, 0) is 63.2 Å². The maximum Gasteiger partial charge on any atom is 0.0880 e. The van der Waals surface area contributed by atoms with Crippen LogP contribution in [0.15, 0.2) is 0 Å². The van der Waals surface area contributed by atoms with Crippen LogP contribution in [0.2, 0.25) is 0 Å². The Balaban J connectivity index is 2.32. The molecule has 0 aromatic rings. The smallest absolute Gasteiger partial charge is 0.0880 e. The Morgan fingerprint density at radius 3 is 2.11 bits per heavy atom. The van der Waals surface area contributed by atoms with E-state index in [0.29, 0.717) is 18.3 Å². The maximum absolute atomic E-state index is 10.6. The van der Waals surface area contributed by atoms with Crippen molar-refractivity contribution in [1.29, 1.82) is 0 Å². The number of aliphatic hydroxyl groups excluding tert-OH is 1. The summed E-state index contributed by atoms with van der Waals surface area (Å²) >= 11 is 0. The number of rotatable bonds is 1. The molecule has 0 aliphatic heterocycles. The van der Waals surface area contributed by atoms with Crippen molar-refractivity contribution in [2.24, 2.45) is 23.7 Å². The van der Waals surface area contributed by atoms with Gasteiger partial charge in [-0.15, -0.1) is 0 Å². The summed E-state index contributed by atoms with van der Waals surface area (Å²) in [5, 5.41) is 31.4. The van der Waals surface area contributed by atoms with Crippen LogP contribution in [0, 0.1) is 23.7 Å². The van der Waals surface area contributed by atoms with Crippen molar-refractivity contribution < 1.29 is 15.3 Å². The fourth-order valence-corrected chi connectivity index (χ4v) is 4.30. The van der Waals surface area contributed by atoms with E-state index in [1.807, 2.05) is 6.92 Å². The molecule has 0 aromatic heterocycles. The topological polar surface area (TPSA) is 60.7 Å². The van der Waals surface area contributed by atoms with Crippen LogP contribution < -0.4 is 0 Å². The summed E-state index contributed by atoms with van der Waals surface area (Å²) in [7, 11) is 0. The minimum absolute atomic E-state index is 0.0255. The van der Waals surface area contributed by atoms with Gasteiger partial charge in [0.05, 0.1) is 17.3 Å². The van der Waals surface area contributed by atoms with Crippen molar-refractivity contribution >= 4 is 0 Å². The molecule has 2 aliphatic carbocycles. The predicted octanol–water partition coefficient (Wildman–Crippen LogP) is 1.94. The fraction of sp³-hybridized carbons (Fsp3) is 1.00. The van der Waals surface area contributed by atoms with E-state index in [4.69, 9.17) is 0 Å². The minimum atomic E-state index is -0.998. The average Bonchev–Trinajstić information content (AvgIpc) is 2.23. The third-order valence-corrected chi connectivity index (χ3v) is 5.56. The first-order valence-electron chi connectivity index (χ1n) is 7.29. The molecule has 0 heterocycles. The van der Waals surface area contributed by atoms with Crippen molar-refractivity contribution in [3.05, 3.63) is 0 Å². The zero-order chi connectivity index (χ0) is 13.7. The molecule has 0 radical (unpaired) electrons. The molecule has 0 amide bonds. The van der Waals surface area contributed by atoms with Gasteiger partial charge >= 0.3 is 0 Å². The van der Waals surface area contributed by atoms with Gasteiger partial charge in [-0.1, -0.05) is 13.8 Å². The summed E-state index contributed by atoms with van der Waals surface area (Å²) in [6, 6.07) is 0. The van der Waals surface area contributed by atoms with Crippen LogP contribution in [0.1, 0.15) is 53.4 Å². The lowest BCUT2D eigenvalue weighted by atomic mass is 9.54. The van der Waals surface area contributed by atoms with E-state index >= 15 is 0 Å². The van der Waals surface area contributed by atoms with Gasteiger partial charge in [-0.25, -0.2) is 0 Å². The molecule has 0 aromatic carbocycles. The lowest BCUT2D eigenvalue weighted by Crippen LogP contribution is -2.60. The quantitative estimate of drug-likeness (QED) is 0.672. The molecule has 0 spiro atoms. The molecule has 18 heavy (non-hydrogen) atoms. The third-order valence-electron chi connectivity index (χ3n) is 5.56. The normalized spacial score (nSPS) is 53.3. The lowest BCUT2D eigenvalue weighted by Gasteiger charge is -2.55. The molecule has 6 atom stereocenters. The van der Waals surface area contributed by atoms with Crippen molar-refractivity contribution in [3.63, 3.8) is 0 Å². The van der Waals surface area contributed by atoms with E-state index < -0.39 is 17.3 Å². The highest BCUT2D eigenvalue weighted by Crippen LogP contribution is 2.52. The van der Waals surface area contributed by atoms with Crippen molar-refractivity contribution in [2.45, 2.75) is 70.7 Å². The van der Waals surface area contributed by atoms with Gasteiger partial charge in [0.25, 0.3) is 0 Å². The molecule has 3 heteroatoms. The van der Waals surface area contributed by atoms with Gasteiger partial charge < -0.3 is 15.3 Å². The molecular formula is C15H28O3. The second kappa shape index (κ2) is 4.46. The first kappa shape index (κ1) is 14.3. The van der Waals surface area contributed by atoms with Crippen LogP contribution in [0.4, 0.5) is 0 Å². The molecule has 3 nitrogen and oxygen atoms in total. The Labute approximate surface area is 110 Å². The summed E-state index contributed by atoms with van der Waals surface area (Å²) in [6.45, 7) is 7.98. The highest BCUT2D eigenvalue weighted by atomic mass is 16.3. The molecular weight excluding hydrogens is 228 g/mol. The van der Waals surface area contributed by atoms with E-state index in [1.165, 1.54) is 0 Å². The van der Waals surface area contributed by atoms with Crippen LogP contribution in [0.25, 0.3) is 0 Å². The van der Waals surface area contributed by atoms with Gasteiger partial charge in [-0.3, -0.25) is 0 Å². The van der Waals surface area contributed by atoms with Gasteiger partial charge in [-0.2, -0.15) is 0 Å². The van der Waals surface area contributed by atoms with Gasteiger partial charge in [0.2, 0.25) is 0 Å². The minimum Gasteiger partial charge on any atom is -0.390 e. The van der Waals surface area contributed by atoms with Gasteiger partial charge in [0.15, 0.2) is 0 Å². The zero-order valence-electron chi connectivity index (χ0n) is 12.1. The van der Waals surface area contributed by atoms with Crippen LogP contribution in [0.3, 0.4) is 0 Å². The van der Waals surface area contributed by atoms with E-state index in [-0.39, 0.29) is 11.8 Å². The zero-order valence-corrected chi connectivity index (χ0v) is 12.1. The third kappa shape index (κ3) is 2.21. The molecule has 2 unspecified atom stereocenters. The Morgan fingerprint density at radius 2 is 1.56 bits per heavy atom. The summed E-state index contributed by atoms with van der Waals surface area (Å²) in [4.78, 5) is 0. The fourth-order valence-electron chi connectivity index (χ4n) is 4.30. The SMILES string of the molecule is CC(C)[C@@H]1CC[C@](C)(O)C2CC[C@](C)(O)[C@@H](O)C21. The highest BCUT2D eigenvalue weighted by Gasteiger charge is 2.55. The van der Waals surface area contributed by atoms with Crippen molar-refractivity contribution in [2.75, 3.05) is 0 Å². The van der Waals surface area contributed by atoms with Gasteiger partial charge in [0.1, 0.15) is 0 Å². The lowest BCUT2D eigenvalue weighted by molar-refractivity contribution is -0.201. The van der Waals surface area contributed by atoms with Crippen LogP contribution in [0.5, 0.6) is 0 Å². The Kier molecular flexibility index (Phi) is 3.54. The van der Waals surface area contributed by atoms with Crippen molar-refractivity contribution in [3.8, 4) is 0 Å². The first-order chi connectivity index (χ1) is 8.17. The summed E-state index contributed by atoms with van der Waals surface area (Å²) < 4.78 is 0. The van der Waals surface area contributed by atoms with Crippen LogP contribution >= 0.6 is 0 Å². The molecule has 2 saturated carbocycles. The average molecular weight is 256 g/mol. The second-order valence-corrected chi connectivity index (χ2v) is 7.33. The number of aliphatic hydroxyl groups is 3. The Hall–Kier alpha value is -0.120. The van der Waals surface area contributed by atoms with Crippen molar-refractivity contribution in [1.82, 2.24) is 0 Å². The molecule has 2 fully saturated rings. The van der Waals surface area contributed by atoms with Crippen LogP contribution in [-0.4, -0.2) is 32.6 Å². The van der Waals surface area contributed by atoms with E-state index in [1.54, 1.807) is 6.92 Å². The highest BCUT2D eigenvalue weighted by molar-refractivity contribution is 5.05. The molecule has 2 rings (SSSR count). The first-order valence-corrected chi connectivity index (χ1v) is 7.29. The van der Waals surface area contributed by atoms with Gasteiger partial charge in [0, 0.05) is 0 Å². The maximum atomic E-state index is 10.6. The summed E-state index contributed by atoms with van der Waals surface area (Å²) in [5.41, 5.74) is -1.69. The van der Waals surface area contributed by atoms with E-state index in [9.17, 15) is 15.3 Å². The molecule has 0 bridgehead atoms. The summed E-state index contributed by atoms with van der Waals surface area (Å²) in [6.07, 6.45) is 2.43. The van der Waals surface area contributed by atoms with E-state index in [2.05, 4.69) is 13.8 Å². The largest absolute Gasteiger partial charge is 0.390 e. The van der Waals surface area contributed by atoms with E-state index in [0.717, 1.165) is 19.3 Å². The predicted molar refractivity (Wildman–Crippen MR) is 71.0 cm³/mol.